The topological polar surface area (TPSA) is 127 Å². The Labute approximate surface area is 277 Å². The van der Waals surface area contributed by atoms with Gasteiger partial charge in [0, 0.05) is 36.3 Å². The fourth-order valence-electron chi connectivity index (χ4n) is 6.75. The van der Waals surface area contributed by atoms with Crippen LogP contribution >= 0.6 is 24.8 Å². The fourth-order valence-corrected chi connectivity index (χ4v) is 6.75. The van der Waals surface area contributed by atoms with Crippen molar-refractivity contribution in [1.82, 2.24) is 29.5 Å². The van der Waals surface area contributed by atoms with Crippen LogP contribution in [0.3, 0.4) is 0 Å². The molecule has 5 aromatic rings. The number of rotatable bonds is 5. The van der Waals surface area contributed by atoms with Crippen LogP contribution in [-0.4, -0.2) is 73.9 Å². The van der Waals surface area contributed by atoms with E-state index < -0.39 is 17.5 Å². The van der Waals surface area contributed by atoms with Gasteiger partial charge < -0.3 is 20.2 Å². The van der Waals surface area contributed by atoms with E-state index in [0.29, 0.717) is 39.5 Å². The maximum absolute atomic E-state index is 14.4. The van der Waals surface area contributed by atoms with Crippen molar-refractivity contribution in [1.29, 1.82) is 0 Å². The largest absolute Gasteiger partial charge is 0.508 e. The first-order chi connectivity index (χ1) is 21.3. The van der Waals surface area contributed by atoms with Gasteiger partial charge in [0.2, 0.25) is 0 Å². The van der Waals surface area contributed by atoms with E-state index in [0.717, 1.165) is 68.0 Å². The molecule has 5 heterocycles. The van der Waals surface area contributed by atoms with E-state index in [9.17, 15) is 14.3 Å². The molecule has 0 bridgehead atoms. The van der Waals surface area contributed by atoms with Crippen LogP contribution in [0.5, 0.6) is 5.75 Å². The number of nitrogens with zero attached hydrogens (tertiary/aromatic N) is 6. The third-order valence-electron chi connectivity index (χ3n) is 8.99. The Morgan fingerprint density at radius 2 is 1.80 bits per heavy atom. The summed E-state index contributed by atoms with van der Waals surface area (Å²) < 4.78 is 22.2. The highest BCUT2D eigenvalue weighted by atomic mass is 35.5. The average Bonchev–Trinajstić information content (AvgIpc) is 3.42. The molecule has 0 amide bonds. The minimum Gasteiger partial charge on any atom is -0.508 e. The van der Waals surface area contributed by atoms with Crippen molar-refractivity contribution >= 4 is 58.0 Å². The minimum absolute atomic E-state index is 0. The molecule has 2 aromatic carbocycles. The second kappa shape index (κ2) is 13.4. The number of aromatic hydroxyl groups is 1. The van der Waals surface area contributed by atoms with E-state index in [-0.39, 0.29) is 36.4 Å². The first-order valence-corrected chi connectivity index (χ1v) is 14.9. The van der Waals surface area contributed by atoms with E-state index >= 15 is 0 Å². The third-order valence-corrected chi connectivity index (χ3v) is 8.99. The van der Waals surface area contributed by atoms with E-state index in [1.54, 1.807) is 10.7 Å². The molecule has 3 N–H and O–H groups in total. The zero-order valence-electron chi connectivity index (χ0n) is 25.5. The molecule has 1 fully saturated rings. The highest BCUT2D eigenvalue weighted by molar-refractivity contribution is 5.99. The van der Waals surface area contributed by atoms with Gasteiger partial charge in [-0.3, -0.25) is 4.90 Å². The molecule has 13 heteroatoms. The molecule has 1 unspecified atom stereocenters. The lowest BCUT2D eigenvalue weighted by Crippen LogP contribution is -2.45. The number of likely N-dealkylation sites (tertiary alicyclic amines) is 1. The van der Waals surface area contributed by atoms with Crippen molar-refractivity contribution < 1.29 is 13.9 Å². The average molecular weight is 669 g/mol. The molecule has 7 rings (SSSR count). The predicted molar refractivity (Wildman–Crippen MR) is 182 cm³/mol. The normalized spacial score (nSPS) is 17.0. The van der Waals surface area contributed by atoms with Crippen molar-refractivity contribution in [2.24, 2.45) is 0 Å². The van der Waals surface area contributed by atoms with Gasteiger partial charge in [0.15, 0.2) is 5.65 Å². The van der Waals surface area contributed by atoms with Crippen LogP contribution in [0.4, 0.5) is 10.2 Å². The van der Waals surface area contributed by atoms with Gasteiger partial charge in [-0.1, -0.05) is 24.3 Å². The number of hydrogen-bond donors (Lipinski definition) is 2. The molecule has 46 heavy (non-hydrogen) atoms. The number of fused-ring (bicyclic) bond motifs is 2. The van der Waals surface area contributed by atoms with Crippen molar-refractivity contribution in [2.75, 3.05) is 39.0 Å². The fraction of sp³-hybridized carbons (Fsp3) is 0.333. The smallest absolute Gasteiger partial charge is 0.343 e. The Hall–Kier alpha value is -4.03. The minimum atomic E-state index is -0.618. The van der Waals surface area contributed by atoms with Crippen LogP contribution in [-0.2, 0) is 0 Å². The number of aromatic nitrogens is 4. The summed E-state index contributed by atoms with van der Waals surface area (Å²) in [6, 6.07) is 11.1. The molecule has 3 aromatic heterocycles. The first kappa shape index (κ1) is 33.3. The monoisotopic (exact) mass is 667 g/mol. The Kier molecular flexibility index (Phi) is 9.69. The number of piperidine rings is 1. The second-order valence-corrected chi connectivity index (χ2v) is 11.8. The van der Waals surface area contributed by atoms with Crippen LogP contribution in [0.15, 0.2) is 64.1 Å². The molecule has 0 saturated carbocycles. The lowest BCUT2D eigenvalue weighted by Gasteiger charge is -2.39. The number of phenolic OH excluding ortho intramolecular Hbond substituents is 1. The molecule has 0 radical (unpaired) electrons. The number of anilines is 1. The predicted octanol–water partition coefficient (Wildman–Crippen LogP) is 5.66. The van der Waals surface area contributed by atoms with E-state index in [1.165, 1.54) is 18.5 Å². The highest BCUT2D eigenvalue weighted by Crippen LogP contribution is 2.38. The molecule has 0 spiro atoms. The number of nitrogen functional groups attached to an aromatic ring is 1. The quantitative estimate of drug-likeness (QED) is 0.244. The van der Waals surface area contributed by atoms with E-state index in [4.69, 9.17) is 15.2 Å². The van der Waals surface area contributed by atoms with Gasteiger partial charge in [0.05, 0.1) is 10.8 Å². The Morgan fingerprint density at radius 3 is 2.54 bits per heavy atom. The summed E-state index contributed by atoms with van der Waals surface area (Å²) in [7, 11) is 2.17. The van der Waals surface area contributed by atoms with Crippen LogP contribution in [0.25, 0.3) is 38.6 Å². The van der Waals surface area contributed by atoms with Gasteiger partial charge in [0.25, 0.3) is 0 Å². The number of nitrogens with two attached hydrogens (primary N) is 1. The van der Waals surface area contributed by atoms with Crippen molar-refractivity contribution in [2.45, 2.75) is 38.3 Å². The third kappa shape index (κ3) is 5.95. The maximum atomic E-state index is 14.4. The Morgan fingerprint density at radius 1 is 1.07 bits per heavy atom. The van der Waals surface area contributed by atoms with Crippen molar-refractivity contribution in [3.63, 3.8) is 0 Å². The second-order valence-electron chi connectivity index (χ2n) is 11.8. The zero-order chi connectivity index (χ0) is 30.5. The standard InChI is InChI=1S/C33H34FN7O3.2ClH/c1-19(41-32-28(31(35)36-18-37-32)29(38-41)21-14-22(34)16-24(42)15-21)30-27(25-7-3-4-8-26(25)33(43)44-30)20-6-5-11-40(17-20)23-9-12-39(2)13-10-23;;/h3-4,6-8,14-16,18-19,23,42H,5,9-13,17H2,1-2H3,(H2,35,36,37);2*1H. The SMILES string of the molecule is CC(c1oc(=O)c2ccccc2c1C1=CCCN(C2CCN(C)CC2)C1)n1nc(-c2cc(O)cc(F)c2)c2c(N)ncnc21.Cl.Cl. The number of phenols is 1. The van der Waals surface area contributed by atoms with Crippen molar-refractivity contribution in [3.05, 3.63) is 82.4 Å². The molecule has 242 valence electrons. The summed E-state index contributed by atoms with van der Waals surface area (Å²) in [5, 5.41) is 16.7. The number of halogens is 3. The molecule has 2 aliphatic heterocycles. The summed E-state index contributed by atoms with van der Waals surface area (Å²) in [5.41, 5.74) is 8.90. The van der Waals surface area contributed by atoms with Gasteiger partial charge in [-0.2, -0.15) is 5.10 Å². The van der Waals surface area contributed by atoms with Gasteiger partial charge in [-0.25, -0.2) is 23.8 Å². The molecular weight excluding hydrogens is 632 g/mol. The molecule has 1 atom stereocenters. The van der Waals surface area contributed by atoms with Gasteiger partial charge >= 0.3 is 5.63 Å². The Balaban J connectivity index is 0.00000208. The van der Waals surface area contributed by atoms with Crippen molar-refractivity contribution in [3.8, 4) is 17.0 Å². The number of benzene rings is 2. The van der Waals surface area contributed by atoms with Crippen LogP contribution in [0.1, 0.15) is 43.6 Å². The molecule has 0 aliphatic carbocycles. The maximum Gasteiger partial charge on any atom is 0.343 e. The van der Waals surface area contributed by atoms with Gasteiger partial charge in [0.1, 0.15) is 41.2 Å². The van der Waals surface area contributed by atoms with Gasteiger partial charge in [-0.15, -0.1) is 24.8 Å². The van der Waals surface area contributed by atoms with E-state index in [1.807, 2.05) is 25.1 Å². The molecule has 10 nitrogen and oxygen atoms in total. The summed E-state index contributed by atoms with van der Waals surface area (Å²) in [4.78, 5) is 27.0. The van der Waals surface area contributed by atoms with E-state index in [2.05, 4.69) is 32.9 Å². The Bertz CT molecular complexity index is 1970. The summed E-state index contributed by atoms with van der Waals surface area (Å²) >= 11 is 0. The lowest BCUT2D eigenvalue weighted by atomic mass is 9.91. The molecular formula is C33H36Cl2FN7O3. The lowest BCUT2D eigenvalue weighted by molar-refractivity contribution is 0.132. The van der Waals surface area contributed by atoms with Crippen LogP contribution < -0.4 is 11.4 Å². The molecule has 1 saturated heterocycles. The summed E-state index contributed by atoms with van der Waals surface area (Å²) in [6.45, 7) is 5.78. The summed E-state index contributed by atoms with van der Waals surface area (Å²) in [5.74, 6) is -0.240. The first-order valence-electron chi connectivity index (χ1n) is 14.9. The van der Waals surface area contributed by atoms with Crippen LogP contribution in [0.2, 0.25) is 0 Å². The van der Waals surface area contributed by atoms with Crippen LogP contribution in [0, 0.1) is 5.82 Å². The summed E-state index contributed by atoms with van der Waals surface area (Å²) in [6.07, 6.45) is 6.74. The van der Waals surface area contributed by atoms with Gasteiger partial charge in [-0.05, 0) is 75.5 Å². The highest BCUT2D eigenvalue weighted by Gasteiger charge is 2.31. The zero-order valence-corrected chi connectivity index (χ0v) is 27.2. The molecule has 2 aliphatic rings. The number of hydrogen-bond acceptors (Lipinski definition) is 9.